The fourth-order valence-corrected chi connectivity index (χ4v) is 3.93. The van der Waals surface area contributed by atoms with Gasteiger partial charge in [0.15, 0.2) is 0 Å². The monoisotopic (exact) mass is 377 g/mol. The molecule has 146 valence electrons. The van der Waals surface area contributed by atoms with Gasteiger partial charge in [0.25, 0.3) is 0 Å². The van der Waals surface area contributed by atoms with Crippen LogP contribution in [0.2, 0.25) is 0 Å². The van der Waals surface area contributed by atoms with E-state index in [1.54, 1.807) is 0 Å². The molecule has 1 aliphatic rings. The van der Waals surface area contributed by atoms with Gasteiger partial charge in [0.2, 0.25) is 0 Å². The second-order valence-electron chi connectivity index (χ2n) is 7.27. The van der Waals surface area contributed by atoms with Crippen molar-refractivity contribution in [1.82, 2.24) is 9.88 Å². The van der Waals surface area contributed by atoms with Crippen LogP contribution in [0.1, 0.15) is 18.1 Å². The molecule has 0 bridgehead atoms. The van der Waals surface area contributed by atoms with Gasteiger partial charge in [-0.15, -0.1) is 0 Å². The van der Waals surface area contributed by atoms with Crippen LogP contribution in [0.25, 0.3) is 22.0 Å². The highest BCUT2D eigenvalue weighted by Crippen LogP contribution is 2.31. The van der Waals surface area contributed by atoms with Crippen LogP contribution in [0.3, 0.4) is 0 Å². The zero-order valence-corrected chi connectivity index (χ0v) is 16.3. The number of nitrogens with zero attached hydrogens (tertiary/aromatic N) is 3. The predicted octanol–water partition coefficient (Wildman–Crippen LogP) is 3.03. The summed E-state index contributed by atoms with van der Waals surface area (Å²) < 4.78 is 0. The second-order valence-corrected chi connectivity index (χ2v) is 7.27. The van der Waals surface area contributed by atoms with E-state index in [0.717, 1.165) is 66.3 Å². The molecule has 2 aromatic carbocycles. The molecule has 0 spiro atoms. The average molecular weight is 377 g/mol. The third kappa shape index (κ3) is 3.61. The number of hydrogen-bond donors (Lipinski definition) is 2. The van der Waals surface area contributed by atoms with E-state index < -0.39 is 0 Å². The molecule has 5 heteroatoms. The molecule has 0 radical (unpaired) electrons. The zero-order valence-electron chi connectivity index (χ0n) is 16.3. The minimum Gasteiger partial charge on any atom is -0.392 e. The topological polar surface area (TPSA) is 59.8 Å². The van der Waals surface area contributed by atoms with Crippen LogP contribution in [-0.2, 0) is 13.2 Å². The number of hydrogen-bond acceptors (Lipinski definition) is 5. The van der Waals surface area contributed by atoms with Gasteiger partial charge in [-0.1, -0.05) is 43.3 Å². The molecular formula is C23H27N3O2. The van der Waals surface area contributed by atoms with Crippen molar-refractivity contribution in [2.24, 2.45) is 0 Å². The smallest absolute Gasteiger partial charge is 0.137 e. The number of benzene rings is 2. The maximum atomic E-state index is 9.65. The summed E-state index contributed by atoms with van der Waals surface area (Å²) in [6.07, 6.45) is 0. The lowest BCUT2D eigenvalue weighted by Gasteiger charge is -2.35. The summed E-state index contributed by atoms with van der Waals surface area (Å²) in [7, 11) is 0. The number of rotatable bonds is 5. The summed E-state index contributed by atoms with van der Waals surface area (Å²) in [4.78, 5) is 9.88. The molecule has 1 aliphatic heterocycles. The molecule has 0 saturated carbocycles. The number of pyridine rings is 1. The third-order valence-electron chi connectivity index (χ3n) is 5.68. The Balaban J connectivity index is 1.78. The van der Waals surface area contributed by atoms with Gasteiger partial charge in [0, 0.05) is 37.1 Å². The van der Waals surface area contributed by atoms with E-state index in [9.17, 15) is 10.2 Å². The van der Waals surface area contributed by atoms with Gasteiger partial charge in [-0.2, -0.15) is 0 Å². The fraction of sp³-hybridized carbons (Fsp3) is 0.348. The van der Waals surface area contributed by atoms with Gasteiger partial charge in [-0.3, -0.25) is 0 Å². The van der Waals surface area contributed by atoms with E-state index in [1.165, 1.54) is 5.39 Å². The molecule has 2 heterocycles. The molecule has 1 saturated heterocycles. The van der Waals surface area contributed by atoms with E-state index in [0.29, 0.717) is 0 Å². The zero-order chi connectivity index (χ0) is 19.5. The van der Waals surface area contributed by atoms with Crippen LogP contribution in [0.15, 0.2) is 48.5 Å². The summed E-state index contributed by atoms with van der Waals surface area (Å²) in [6.45, 7) is 7.17. The van der Waals surface area contributed by atoms with Gasteiger partial charge in [-0.05, 0) is 35.2 Å². The van der Waals surface area contributed by atoms with Gasteiger partial charge < -0.3 is 20.0 Å². The van der Waals surface area contributed by atoms with Crippen LogP contribution >= 0.6 is 0 Å². The number of aromatic nitrogens is 1. The highest BCUT2D eigenvalue weighted by atomic mass is 16.3. The van der Waals surface area contributed by atoms with Crippen LogP contribution in [0.5, 0.6) is 0 Å². The first-order valence-electron chi connectivity index (χ1n) is 9.94. The highest BCUT2D eigenvalue weighted by Gasteiger charge is 2.20. The Bertz CT molecular complexity index is 965. The van der Waals surface area contributed by atoms with Crippen molar-refractivity contribution in [1.29, 1.82) is 0 Å². The summed E-state index contributed by atoms with van der Waals surface area (Å²) in [5.74, 6) is 1.03. The quantitative estimate of drug-likeness (QED) is 0.716. The normalized spacial score (nSPS) is 15.3. The summed E-state index contributed by atoms with van der Waals surface area (Å²) >= 11 is 0. The molecule has 4 rings (SSSR count). The number of aliphatic hydroxyl groups excluding tert-OH is 2. The lowest BCUT2D eigenvalue weighted by Crippen LogP contribution is -2.46. The molecule has 0 aliphatic carbocycles. The highest BCUT2D eigenvalue weighted by molar-refractivity contribution is 5.95. The molecule has 0 amide bonds. The Morgan fingerprint density at radius 1 is 0.893 bits per heavy atom. The van der Waals surface area contributed by atoms with Gasteiger partial charge in [-0.25, -0.2) is 4.98 Å². The summed E-state index contributed by atoms with van der Waals surface area (Å²) in [5, 5.41) is 21.5. The molecule has 0 atom stereocenters. The van der Waals surface area contributed by atoms with E-state index >= 15 is 0 Å². The van der Waals surface area contributed by atoms with Crippen LogP contribution in [-0.4, -0.2) is 52.8 Å². The standard InChI is InChI=1S/C23H27N3O2/c1-2-25-9-11-26(12-10-25)23-21-6-4-3-5-17(21)14-22(24-23)18-7-8-19(15-27)20(13-18)16-28/h3-8,13-14,27-28H,2,9-12,15-16H2,1H3. The van der Waals surface area contributed by atoms with Crippen LogP contribution in [0, 0.1) is 0 Å². The van der Waals surface area contributed by atoms with Crippen molar-refractivity contribution in [3.63, 3.8) is 0 Å². The average Bonchev–Trinajstić information content (AvgIpc) is 2.77. The Morgan fingerprint density at radius 2 is 1.64 bits per heavy atom. The SMILES string of the molecule is CCN1CCN(c2nc(-c3ccc(CO)c(CO)c3)cc3ccccc23)CC1. The first-order valence-corrected chi connectivity index (χ1v) is 9.94. The number of anilines is 1. The minimum absolute atomic E-state index is 0.0751. The molecule has 28 heavy (non-hydrogen) atoms. The van der Waals surface area contributed by atoms with Crippen molar-refractivity contribution in [2.45, 2.75) is 20.1 Å². The van der Waals surface area contributed by atoms with Crippen LogP contribution in [0.4, 0.5) is 5.82 Å². The maximum Gasteiger partial charge on any atom is 0.137 e. The molecule has 3 aromatic rings. The predicted molar refractivity (Wildman–Crippen MR) is 113 cm³/mol. The Hall–Kier alpha value is -2.47. The van der Waals surface area contributed by atoms with Crippen molar-refractivity contribution >= 4 is 16.6 Å². The fourth-order valence-electron chi connectivity index (χ4n) is 3.93. The van der Waals surface area contributed by atoms with Gasteiger partial charge in [0.1, 0.15) is 5.82 Å². The molecule has 1 aromatic heterocycles. The van der Waals surface area contributed by atoms with Gasteiger partial charge in [0.05, 0.1) is 18.9 Å². The Kier molecular flexibility index (Phi) is 5.57. The molecule has 1 fully saturated rings. The summed E-state index contributed by atoms with van der Waals surface area (Å²) in [5.41, 5.74) is 3.35. The first-order chi connectivity index (χ1) is 13.7. The molecule has 5 nitrogen and oxygen atoms in total. The van der Waals surface area contributed by atoms with Crippen molar-refractivity contribution in [3.8, 4) is 11.3 Å². The lowest BCUT2D eigenvalue weighted by molar-refractivity contribution is 0.260. The largest absolute Gasteiger partial charge is 0.392 e. The summed E-state index contributed by atoms with van der Waals surface area (Å²) in [6, 6.07) is 16.3. The van der Waals surface area contributed by atoms with Crippen LogP contribution < -0.4 is 4.90 Å². The number of aliphatic hydroxyl groups is 2. The van der Waals surface area contributed by atoms with E-state index in [2.05, 4.69) is 47.1 Å². The number of fused-ring (bicyclic) bond motifs is 1. The van der Waals surface area contributed by atoms with E-state index in [4.69, 9.17) is 4.98 Å². The second kappa shape index (κ2) is 8.27. The molecular weight excluding hydrogens is 350 g/mol. The number of likely N-dealkylation sites (N-methyl/N-ethyl adjacent to an activating group) is 1. The Morgan fingerprint density at radius 3 is 2.36 bits per heavy atom. The van der Waals surface area contributed by atoms with Crippen molar-refractivity contribution < 1.29 is 10.2 Å². The lowest BCUT2D eigenvalue weighted by atomic mass is 10.0. The third-order valence-corrected chi connectivity index (χ3v) is 5.68. The maximum absolute atomic E-state index is 9.65. The Labute approximate surface area is 165 Å². The first kappa shape index (κ1) is 18.9. The minimum atomic E-state index is -0.0941. The van der Waals surface area contributed by atoms with E-state index in [-0.39, 0.29) is 13.2 Å². The molecule has 0 unspecified atom stereocenters. The molecule has 2 N–H and O–H groups in total. The van der Waals surface area contributed by atoms with Gasteiger partial charge >= 0.3 is 0 Å². The van der Waals surface area contributed by atoms with Crippen molar-refractivity contribution in [2.75, 3.05) is 37.6 Å². The van der Waals surface area contributed by atoms with Crippen molar-refractivity contribution in [3.05, 3.63) is 59.7 Å². The van der Waals surface area contributed by atoms with E-state index in [1.807, 2.05) is 18.2 Å². The number of piperazine rings is 1.